The standard InChI is InChI=1S/C17H14N4O/c18-14-5-3-8-20-17(14)21-15-6-2-1-4-13(15)16-10-12(11-22)7-9-19-16/h1-11H,18H2,(H,20,21). The average Bonchev–Trinajstić information content (AvgIpc) is 2.57. The summed E-state index contributed by atoms with van der Waals surface area (Å²) in [5.74, 6) is 0.585. The smallest absolute Gasteiger partial charge is 0.153 e. The van der Waals surface area contributed by atoms with Crippen molar-refractivity contribution in [3.05, 3.63) is 66.5 Å². The van der Waals surface area contributed by atoms with E-state index in [2.05, 4.69) is 15.3 Å². The Morgan fingerprint density at radius 3 is 2.68 bits per heavy atom. The van der Waals surface area contributed by atoms with E-state index in [1.807, 2.05) is 24.3 Å². The molecule has 0 aliphatic carbocycles. The summed E-state index contributed by atoms with van der Waals surface area (Å²) in [6.45, 7) is 0. The third-order valence-electron chi connectivity index (χ3n) is 3.22. The maximum absolute atomic E-state index is 10.9. The van der Waals surface area contributed by atoms with Gasteiger partial charge in [0.05, 0.1) is 11.4 Å². The lowest BCUT2D eigenvalue weighted by Crippen LogP contribution is -2.00. The fraction of sp³-hybridized carbons (Fsp3) is 0. The van der Waals surface area contributed by atoms with Crippen molar-refractivity contribution in [3.8, 4) is 11.3 Å². The summed E-state index contributed by atoms with van der Waals surface area (Å²) in [4.78, 5) is 19.5. The van der Waals surface area contributed by atoms with Crippen LogP contribution in [0, 0.1) is 0 Å². The van der Waals surface area contributed by atoms with Crippen LogP contribution in [0.2, 0.25) is 0 Å². The highest BCUT2D eigenvalue weighted by Crippen LogP contribution is 2.30. The molecule has 108 valence electrons. The zero-order valence-electron chi connectivity index (χ0n) is 11.7. The number of nitrogens with one attached hydrogen (secondary N) is 1. The highest BCUT2D eigenvalue weighted by molar-refractivity contribution is 5.83. The van der Waals surface area contributed by atoms with Crippen molar-refractivity contribution >= 4 is 23.5 Å². The van der Waals surface area contributed by atoms with E-state index in [1.54, 1.807) is 36.7 Å². The van der Waals surface area contributed by atoms with Crippen LogP contribution in [0.3, 0.4) is 0 Å². The van der Waals surface area contributed by atoms with Gasteiger partial charge in [0.25, 0.3) is 0 Å². The van der Waals surface area contributed by atoms with E-state index in [0.717, 1.165) is 17.5 Å². The fourth-order valence-electron chi connectivity index (χ4n) is 2.13. The molecule has 0 bridgehead atoms. The maximum atomic E-state index is 10.9. The molecule has 2 heterocycles. The molecule has 1 aromatic carbocycles. The Balaban J connectivity index is 2.03. The number of hydrogen-bond acceptors (Lipinski definition) is 5. The molecule has 0 saturated heterocycles. The molecular formula is C17H14N4O. The zero-order valence-corrected chi connectivity index (χ0v) is 11.7. The molecule has 0 fully saturated rings. The highest BCUT2D eigenvalue weighted by atomic mass is 16.1. The number of rotatable bonds is 4. The van der Waals surface area contributed by atoms with Crippen molar-refractivity contribution in [2.45, 2.75) is 0 Å². The van der Waals surface area contributed by atoms with Crippen LogP contribution in [0.1, 0.15) is 10.4 Å². The third kappa shape index (κ3) is 2.78. The zero-order chi connectivity index (χ0) is 15.4. The maximum Gasteiger partial charge on any atom is 0.153 e. The first-order chi connectivity index (χ1) is 10.8. The van der Waals surface area contributed by atoms with Gasteiger partial charge in [-0.15, -0.1) is 0 Å². The molecule has 0 aliphatic heterocycles. The third-order valence-corrected chi connectivity index (χ3v) is 3.22. The molecule has 0 unspecified atom stereocenters. The number of nitrogen functional groups attached to an aromatic ring is 1. The number of nitrogens with two attached hydrogens (primary N) is 1. The van der Waals surface area contributed by atoms with Crippen LogP contribution >= 0.6 is 0 Å². The topological polar surface area (TPSA) is 80.9 Å². The van der Waals surface area contributed by atoms with Crippen LogP contribution < -0.4 is 11.1 Å². The van der Waals surface area contributed by atoms with Crippen molar-refractivity contribution in [3.63, 3.8) is 0 Å². The van der Waals surface area contributed by atoms with Gasteiger partial charge in [-0.05, 0) is 30.3 Å². The SMILES string of the molecule is Nc1cccnc1Nc1ccccc1-c1cc(C=O)ccn1. The van der Waals surface area contributed by atoms with E-state index in [4.69, 9.17) is 5.73 Å². The normalized spacial score (nSPS) is 10.2. The predicted molar refractivity (Wildman–Crippen MR) is 87.0 cm³/mol. The Bertz CT molecular complexity index is 817. The number of anilines is 3. The number of para-hydroxylation sites is 1. The molecule has 0 spiro atoms. The molecule has 5 nitrogen and oxygen atoms in total. The van der Waals surface area contributed by atoms with Crippen LogP contribution in [-0.4, -0.2) is 16.3 Å². The van der Waals surface area contributed by atoms with E-state index < -0.39 is 0 Å². The molecule has 0 saturated carbocycles. The summed E-state index contributed by atoms with van der Waals surface area (Å²) in [6, 6.07) is 14.6. The van der Waals surface area contributed by atoms with Gasteiger partial charge < -0.3 is 11.1 Å². The number of benzene rings is 1. The lowest BCUT2D eigenvalue weighted by atomic mass is 10.1. The van der Waals surface area contributed by atoms with Crippen LogP contribution in [0.4, 0.5) is 17.2 Å². The molecule has 5 heteroatoms. The van der Waals surface area contributed by atoms with Gasteiger partial charge in [-0.2, -0.15) is 0 Å². The minimum absolute atomic E-state index is 0.562. The van der Waals surface area contributed by atoms with Crippen molar-refractivity contribution in [1.29, 1.82) is 0 Å². The second-order valence-corrected chi connectivity index (χ2v) is 4.70. The minimum Gasteiger partial charge on any atom is -0.396 e. The Morgan fingerprint density at radius 2 is 1.86 bits per heavy atom. The van der Waals surface area contributed by atoms with Gasteiger partial charge in [0, 0.05) is 29.2 Å². The number of carbonyl (C=O) groups is 1. The highest BCUT2D eigenvalue weighted by Gasteiger charge is 2.08. The molecule has 22 heavy (non-hydrogen) atoms. The molecule has 2 aromatic heterocycles. The molecule has 0 aliphatic rings. The number of aldehydes is 1. The Hall–Kier alpha value is -3.21. The van der Waals surface area contributed by atoms with Gasteiger partial charge in [-0.3, -0.25) is 9.78 Å². The minimum atomic E-state index is 0.562. The van der Waals surface area contributed by atoms with E-state index >= 15 is 0 Å². The van der Waals surface area contributed by atoms with Gasteiger partial charge >= 0.3 is 0 Å². The molecule has 0 radical (unpaired) electrons. The summed E-state index contributed by atoms with van der Waals surface area (Å²) in [6.07, 6.45) is 4.09. The summed E-state index contributed by atoms with van der Waals surface area (Å²) >= 11 is 0. The Kier molecular flexibility index (Phi) is 3.78. The van der Waals surface area contributed by atoms with E-state index in [0.29, 0.717) is 22.8 Å². The van der Waals surface area contributed by atoms with Crippen molar-refractivity contribution in [2.75, 3.05) is 11.1 Å². The number of hydrogen-bond donors (Lipinski definition) is 2. The second-order valence-electron chi connectivity index (χ2n) is 4.70. The predicted octanol–water partition coefficient (Wildman–Crippen LogP) is 3.28. The summed E-state index contributed by atoms with van der Waals surface area (Å²) in [7, 11) is 0. The Labute approximate surface area is 127 Å². The van der Waals surface area contributed by atoms with Crippen molar-refractivity contribution < 1.29 is 4.79 Å². The number of pyridine rings is 2. The summed E-state index contributed by atoms with van der Waals surface area (Å²) in [5.41, 5.74) is 9.46. The van der Waals surface area contributed by atoms with Gasteiger partial charge in [-0.1, -0.05) is 18.2 Å². The van der Waals surface area contributed by atoms with Crippen molar-refractivity contribution in [1.82, 2.24) is 9.97 Å². The van der Waals surface area contributed by atoms with Crippen molar-refractivity contribution in [2.24, 2.45) is 0 Å². The molecule has 3 aromatic rings. The van der Waals surface area contributed by atoms with Crippen LogP contribution in [0.25, 0.3) is 11.3 Å². The first-order valence-corrected chi connectivity index (χ1v) is 6.76. The monoisotopic (exact) mass is 290 g/mol. The first kappa shape index (κ1) is 13.8. The quantitative estimate of drug-likeness (QED) is 0.721. The number of nitrogens with zero attached hydrogens (tertiary/aromatic N) is 2. The van der Waals surface area contributed by atoms with E-state index in [1.165, 1.54) is 0 Å². The van der Waals surface area contributed by atoms with Gasteiger partial charge in [-0.25, -0.2) is 4.98 Å². The van der Waals surface area contributed by atoms with E-state index in [-0.39, 0.29) is 0 Å². The average molecular weight is 290 g/mol. The van der Waals surface area contributed by atoms with Crippen LogP contribution in [0.15, 0.2) is 60.9 Å². The van der Waals surface area contributed by atoms with Crippen LogP contribution in [-0.2, 0) is 0 Å². The Morgan fingerprint density at radius 1 is 1.00 bits per heavy atom. The largest absolute Gasteiger partial charge is 0.396 e. The summed E-state index contributed by atoms with van der Waals surface area (Å²) in [5, 5.41) is 3.21. The summed E-state index contributed by atoms with van der Waals surface area (Å²) < 4.78 is 0. The van der Waals surface area contributed by atoms with Gasteiger partial charge in [0.15, 0.2) is 5.82 Å². The molecule has 3 rings (SSSR count). The molecule has 3 N–H and O–H groups in total. The van der Waals surface area contributed by atoms with Gasteiger partial charge in [0.1, 0.15) is 6.29 Å². The van der Waals surface area contributed by atoms with Crippen LogP contribution in [0.5, 0.6) is 0 Å². The van der Waals surface area contributed by atoms with E-state index in [9.17, 15) is 4.79 Å². The molecular weight excluding hydrogens is 276 g/mol. The lowest BCUT2D eigenvalue weighted by molar-refractivity contribution is 0.112. The lowest BCUT2D eigenvalue weighted by Gasteiger charge is -2.12. The molecule has 0 atom stereocenters. The first-order valence-electron chi connectivity index (χ1n) is 6.76. The second kappa shape index (κ2) is 6.05. The fourth-order valence-corrected chi connectivity index (χ4v) is 2.13. The number of carbonyl (C=O) groups excluding carboxylic acids is 1. The molecule has 0 amide bonds. The number of aromatic nitrogens is 2. The van der Waals surface area contributed by atoms with Gasteiger partial charge in [0.2, 0.25) is 0 Å².